The van der Waals surface area contributed by atoms with Gasteiger partial charge in [-0.2, -0.15) is 0 Å². The van der Waals surface area contributed by atoms with Crippen molar-refractivity contribution in [3.8, 4) is 0 Å². The molecule has 23 heavy (non-hydrogen) atoms. The monoisotopic (exact) mass is 313 g/mol. The largest absolute Gasteiger partial charge is 0.449 e. The van der Waals surface area contributed by atoms with Gasteiger partial charge in [0.25, 0.3) is 5.91 Å². The third-order valence-electron chi connectivity index (χ3n) is 3.35. The number of carbonyl (C=O) groups is 2. The molecule has 120 valence electrons. The van der Waals surface area contributed by atoms with E-state index in [0.29, 0.717) is 5.69 Å². The Morgan fingerprint density at radius 1 is 1.26 bits per heavy atom. The summed E-state index contributed by atoms with van der Waals surface area (Å²) < 4.78 is 5.14. The fraction of sp³-hybridized carbons (Fsp3) is 0.235. The summed E-state index contributed by atoms with van der Waals surface area (Å²) in [5.74, 6) is -1.07. The van der Waals surface area contributed by atoms with Crippen molar-refractivity contribution < 1.29 is 14.3 Å². The van der Waals surface area contributed by atoms with Gasteiger partial charge < -0.3 is 15.8 Å². The molecule has 2 rings (SSSR count). The molecule has 2 aromatic rings. The molecule has 1 amide bonds. The molecule has 0 saturated heterocycles. The van der Waals surface area contributed by atoms with Crippen LogP contribution in [0.1, 0.15) is 29.8 Å². The lowest BCUT2D eigenvalue weighted by molar-refractivity contribution is -0.123. The third kappa shape index (κ3) is 4.29. The third-order valence-corrected chi connectivity index (χ3v) is 3.35. The number of amides is 1. The van der Waals surface area contributed by atoms with Crippen molar-refractivity contribution in [2.75, 3.05) is 11.1 Å². The van der Waals surface area contributed by atoms with Crippen LogP contribution in [0.15, 0.2) is 42.7 Å². The Morgan fingerprint density at radius 3 is 2.57 bits per heavy atom. The first-order valence-electron chi connectivity index (χ1n) is 7.31. The van der Waals surface area contributed by atoms with Crippen LogP contribution in [-0.2, 0) is 16.0 Å². The fourth-order valence-electron chi connectivity index (χ4n) is 1.94. The molecule has 0 spiro atoms. The van der Waals surface area contributed by atoms with Crippen LogP contribution in [0.3, 0.4) is 0 Å². The van der Waals surface area contributed by atoms with Crippen molar-refractivity contribution >= 4 is 23.3 Å². The number of nitrogens with one attached hydrogen (secondary N) is 1. The summed E-state index contributed by atoms with van der Waals surface area (Å²) in [4.78, 5) is 27.9. The molecule has 0 radical (unpaired) electrons. The highest BCUT2D eigenvalue weighted by Gasteiger charge is 2.20. The summed E-state index contributed by atoms with van der Waals surface area (Å²) >= 11 is 0. The summed E-state index contributed by atoms with van der Waals surface area (Å²) in [5, 5.41) is 2.70. The van der Waals surface area contributed by atoms with Gasteiger partial charge in [-0.15, -0.1) is 0 Å². The van der Waals surface area contributed by atoms with E-state index in [9.17, 15) is 9.59 Å². The van der Waals surface area contributed by atoms with Crippen LogP contribution in [0.4, 0.5) is 11.4 Å². The average Bonchev–Trinajstić information content (AvgIpc) is 2.55. The summed E-state index contributed by atoms with van der Waals surface area (Å²) in [6, 6.07) is 8.94. The molecule has 6 nitrogen and oxygen atoms in total. The lowest BCUT2D eigenvalue weighted by Crippen LogP contribution is -2.30. The molecule has 6 heteroatoms. The van der Waals surface area contributed by atoms with Crippen molar-refractivity contribution in [3.05, 3.63) is 53.9 Å². The van der Waals surface area contributed by atoms with Crippen LogP contribution in [0.5, 0.6) is 0 Å². The number of hydrogen-bond acceptors (Lipinski definition) is 5. The number of anilines is 2. The summed E-state index contributed by atoms with van der Waals surface area (Å²) in [7, 11) is 0. The number of aryl methyl sites for hydroxylation is 1. The lowest BCUT2D eigenvalue weighted by Gasteiger charge is -2.14. The predicted octanol–water partition coefficient (Wildman–Crippen LogP) is 2.41. The minimum atomic E-state index is -0.944. The van der Waals surface area contributed by atoms with Crippen LogP contribution < -0.4 is 11.1 Å². The number of aromatic nitrogens is 1. The van der Waals surface area contributed by atoms with Gasteiger partial charge in [0.05, 0.1) is 17.4 Å². The van der Waals surface area contributed by atoms with Gasteiger partial charge in [0.15, 0.2) is 6.10 Å². The quantitative estimate of drug-likeness (QED) is 0.827. The number of benzene rings is 1. The molecule has 1 atom stereocenters. The number of pyridine rings is 1. The van der Waals surface area contributed by atoms with E-state index in [0.717, 1.165) is 6.42 Å². The van der Waals surface area contributed by atoms with Gasteiger partial charge in [0, 0.05) is 11.9 Å². The first-order chi connectivity index (χ1) is 11.0. The minimum Gasteiger partial charge on any atom is -0.449 e. The van der Waals surface area contributed by atoms with Crippen LogP contribution in [0.2, 0.25) is 0 Å². The number of rotatable bonds is 5. The second-order valence-corrected chi connectivity index (χ2v) is 5.05. The zero-order valence-corrected chi connectivity index (χ0v) is 13.1. The van der Waals surface area contributed by atoms with Crippen molar-refractivity contribution in [1.82, 2.24) is 4.98 Å². The van der Waals surface area contributed by atoms with E-state index in [1.54, 1.807) is 0 Å². The molecule has 1 aromatic heterocycles. The lowest BCUT2D eigenvalue weighted by atomic mass is 10.1. The molecule has 0 aliphatic rings. The maximum absolute atomic E-state index is 12.1. The summed E-state index contributed by atoms with van der Waals surface area (Å²) in [5.41, 5.74) is 7.88. The highest BCUT2D eigenvalue weighted by molar-refractivity contribution is 5.99. The summed E-state index contributed by atoms with van der Waals surface area (Å²) in [6.07, 6.45) is 2.78. The van der Waals surface area contributed by atoms with Crippen LogP contribution in [0, 0.1) is 0 Å². The first kappa shape index (κ1) is 16.5. The number of nitrogens with two attached hydrogens (primary N) is 1. The molecule has 0 aliphatic carbocycles. The Hall–Kier alpha value is -2.89. The zero-order chi connectivity index (χ0) is 16.8. The molecule has 0 bridgehead atoms. The van der Waals surface area contributed by atoms with Gasteiger partial charge in [-0.3, -0.25) is 9.78 Å². The number of ether oxygens (including phenoxy) is 1. The van der Waals surface area contributed by atoms with E-state index < -0.39 is 18.0 Å². The normalized spacial score (nSPS) is 11.6. The molecule has 0 unspecified atom stereocenters. The van der Waals surface area contributed by atoms with Crippen molar-refractivity contribution in [1.29, 1.82) is 0 Å². The van der Waals surface area contributed by atoms with Crippen LogP contribution in [-0.4, -0.2) is 23.0 Å². The smallest absolute Gasteiger partial charge is 0.341 e. The Kier molecular flexibility index (Phi) is 5.30. The Morgan fingerprint density at radius 2 is 1.96 bits per heavy atom. The van der Waals surface area contributed by atoms with Gasteiger partial charge >= 0.3 is 5.97 Å². The number of carbonyl (C=O) groups excluding carboxylic acids is 2. The maximum Gasteiger partial charge on any atom is 0.341 e. The molecule has 3 N–H and O–H groups in total. The Bertz CT molecular complexity index is 698. The van der Waals surface area contributed by atoms with E-state index in [4.69, 9.17) is 10.5 Å². The second-order valence-electron chi connectivity index (χ2n) is 5.05. The van der Waals surface area contributed by atoms with Gasteiger partial charge in [-0.25, -0.2) is 4.79 Å². The molecule has 0 fully saturated rings. The predicted molar refractivity (Wildman–Crippen MR) is 88.0 cm³/mol. The number of nitrogen functional groups attached to an aromatic ring is 1. The van der Waals surface area contributed by atoms with Crippen LogP contribution in [0.25, 0.3) is 0 Å². The van der Waals surface area contributed by atoms with Gasteiger partial charge in [-0.1, -0.05) is 19.1 Å². The minimum absolute atomic E-state index is 0.187. The molecule has 0 saturated carbocycles. The first-order valence-corrected chi connectivity index (χ1v) is 7.31. The molecule has 0 aliphatic heterocycles. The van der Waals surface area contributed by atoms with Crippen LogP contribution >= 0.6 is 0 Å². The van der Waals surface area contributed by atoms with E-state index >= 15 is 0 Å². The topological polar surface area (TPSA) is 94.3 Å². The highest BCUT2D eigenvalue weighted by atomic mass is 16.5. The number of hydrogen-bond donors (Lipinski definition) is 2. The number of nitrogens with zero attached hydrogens (tertiary/aromatic N) is 1. The van der Waals surface area contributed by atoms with E-state index in [1.165, 1.54) is 30.9 Å². The molecule has 1 aromatic carbocycles. The Labute approximate surface area is 134 Å². The van der Waals surface area contributed by atoms with Crippen molar-refractivity contribution in [2.45, 2.75) is 26.4 Å². The highest BCUT2D eigenvalue weighted by Crippen LogP contribution is 2.13. The van der Waals surface area contributed by atoms with Gasteiger partial charge in [0.2, 0.25) is 0 Å². The molecular formula is C17H19N3O3. The molecule has 1 heterocycles. The fourth-order valence-corrected chi connectivity index (χ4v) is 1.94. The standard InChI is InChI=1S/C17H19N3O3/c1-3-12-4-6-13(7-5-12)20-16(21)11(2)23-17(22)14-8-9-19-10-15(14)18/h4-11H,3,18H2,1-2H3,(H,20,21)/t11-/m0/s1. The SMILES string of the molecule is CCc1ccc(NC(=O)[C@H](C)OC(=O)c2ccncc2N)cc1. The number of esters is 1. The zero-order valence-electron chi connectivity index (χ0n) is 13.1. The van der Waals surface area contributed by atoms with Gasteiger partial charge in [0.1, 0.15) is 0 Å². The van der Waals surface area contributed by atoms with Crippen molar-refractivity contribution in [2.24, 2.45) is 0 Å². The van der Waals surface area contributed by atoms with E-state index in [2.05, 4.69) is 17.2 Å². The van der Waals surface area contributed by atoms with Gasteiger partial charge in [-0.05, 0) is 37.1 Å². The Balaban J connectivity index is 1.96. The summed E-state index contributed by atoms with van der Waals surface area (Å²) in [6.45, 7) is 3.56. The van der Waals surface area contributed by atoms with E-state index in [-0.39, 0.29) is 11.3 Å². The average molecular weight is 313 g/mol. The molecular weight excluding hydrogens is 294 g/mol. The second kappa shape index (κ2) is 7.40. The van der Waals surface area contributed by atoms with E-state index in [1.807, 2.05) is 24.3 Å². The van der Waals surface area contributed by atoms with Crippen molar-refractivity contribution in [3.63, 3.8) is 0 Å². The maximum atomic E-state index is 12.1.